The van der Waals surface area contributed by atoms with Gasteiger partial charge in [0.25, 0.3) is 0 Å². The van der Waals surface area contributed by atoms with Crippen LogP contribution in [0.1, 0.15) is 23.5 Å². The maximum Gasteiger partial charge on any atom is 0.231 e. The van der Waals surface area contributed by atoms with Gasteiger partial charge in [-0.1, -0.05) is 29.3 Å². The summed E-state index contributed by atoms with van der Waals surface area (Å²) in [6.07, 6.45) is 1.77. The van der Waals surface area contributed by atoms with E-state index in [4.69, 9.17) is 49.3 Å². The fourth-order valence-electron chi connectivity index (χ4n) is 4.27. The highest BCUT2D eigenvalue weighted by Crippen LogP contribution is 2.45. The van der Waals surface area contributed by atoms with Gasteiger partial charge in [-0.05, 0) is 66.8 Å². The maximum absolute atomic E-state index is 6.37. The third-order valence-corrected chi connectivity index (χ3v) is 6.91. The van der Waals surface area contributed by atoms with E-state index in [1.165, 1.54) is 0 Å². The van der Waals surface area contributed by atoms with Gasteiger partial charge in [-0.25, -0.2) is 0 Å². The van der Waals surface area contributed by atoms with E-state index in [0.29, 0.717) is 32.4 Å². The number of hydrogen-bond donors (Lipinski definition) is 1. The monoisotopic (exact) mass is 509 g/mol. The Bertz CT molecular complexity index is 1400. The Balaban J connectivity index is 1.44. The Morgan fingerprint density at radius 2 is 1.82 bits per heavy atom. The van der Waals surface area contributed by atoms with Crippen LogP contribution < -0.4 is 19.7 Å². The minimum atomic E-state index is -0.292. The number of anilines is 1. The van der Waals surface area contributed by atoms with Crippen molar-refractivity contribution < 1.29 is 13.9 Å². The average Bonchev–Trinajstić information content (AvgIpc) is 3.59. The average molecular weight is 510 g/mol. The van der Waals surface area contributed by atoms with Gasteiger partial charge in [0.15, 0.2) is 16.6 Å². The number of ether oxygens (including phenoxy) is 2. The molecule has 4 aromatic rings. The Labute approximate surface area is 211 Å². The van der Waals surface area contributed by atoms with E-state index < -0.39 is 0 Å². The van der Waals surface area contributed by atoms with Crippen molar-refractivity contribution in [3.05, 3.63) is 94.4 Å². The smallest absolute Gasteiger partial charge is 0.231 e. The number of hydrogen-bond acceptors (Lipinski definition) is 5. The highest BCUT2D eigenvalue weighted by molar-refractivity contribution is 7.80. The molecule has 6 nitrogen and oxygen atoms in total. The van der Waals surface area contributed by atoms with Gasteiger partial charge in [0.2, 0.25) is 6.79 Å². The van der Waals surface area contributed by atoms with Crippen LogP contribution in [-0.4, -0.2) is 16.9 Å². The molecule has 1 fully saturated rings. The molecule has 2 aromatic heterocycles. The number of pyridine rings is 1. The summed E-state index contributed by atoms with van der Waals surface area (Å²) < 4.78 is 17.4. The number of fused-ring (bicyclic) bond motifs is 1. The first-order valence-corrected chi connectivity index (χ1v) is 11.7. The standard InChI is InChI=1S/C25H17Cl2N3O3S/c26-16-6-4-14(11-17(16)27)19-8-9-21(33-19)24-23(18-3-1-2-10-28-18)29-25(34)30(24)15-5-7-20-22(12-15)32-13-31-20/h1-12,23-24H,13H2,(H,29,34). The van der Waals surface area contributed by atoms with Crippen LogP contribution in [-0.2, 0) is 0 Å². The maximum atomic E-state index is 6.37. The van der Waals surface area contributed by atoms with E-state index in [-0.39, 0.29) is 18.9 Å². The molecule has 34 heavy (non-hydrogen) atoms. The van der Waals surface area contributed by atoms with Crippen molar-refractivity contribution in [1.29, 1.82) is 0 Å². The summed E-state index contributed by atoms with van der Waals surface area (Å²) in [5.41, 5.74) is 2.54. The van der Waals surface area contributed by atoms with E-state index >= 15 is 0 Å². The predicted octanol–water partition coefficient (Wildman–Crippen LogP) is 6.55. The minimum Gasteiger partial charge on any atom is -0.459 e. The number of nitrogens with zero attached hydrogens (tertiary/aromatic N) is 2. The SMILES string of the molecule is S=C1NC(c2ccccn2)C(c2ccc(-c3ccc(Cl)c(Cl)c3)o2)N1c1ccc2c(c1)OCO2. The summed E-state index contributed by atoms with van der Waals surface area (Å²) in [6.45, 7) is 0.201. The zero-order chi connectivity index (χ0) is 23.2. The molecule has 2 unspecified atom stereocenters. The molecular weight excluding hydrogens is 493 g/mol. The fraction of sp³-hybridized carbons (Fsp3) is 0.120. The molecule has 4 heterocycles. The third kappa shape index (κ3) is 3.66. The first kappa shape index (κ1) is 21.3. The Morgan fingerprint density at radius 1 is 0.941 bits per heavy atom. The molecule has 0 amide bonds. The summed E-state index contributed by atoms with van der Waals surface area (Å²) in [5, 5.41) is 4.95. The number of nitrogens with one attached hydrogen (secondary N) is 1. The predicted molar refractivity (Wildman–Crippen MR) is 135 cm³/mol. The topological polar surface area (TPSA) is 59.8 Å². The molecule has 0 aliphatic carbocycles. The number of furan rings is 1. The molecule has 1 N–H and O–H groups in total. The van der Waals surface area contributed by atoms with Gasteiger partial charge in [-0.2, -0.15) is 0 Å². The van der Waals surface area contributed by atoms with Gasteiger partial charge in [0.05, 0.1) is 21.8 Å². The number of benzene rings is 2. The Hall–Kier alpha value is -3.26. The molecule has 0 radical (unpaired) electrons. The second-order valence-electron chi connectivity index (χ2n) is 7.87. The lowest BCUT2D eigenvalue weighted by Crippen LogP contribution is -2.29. The molecule has 9 heteroatoms. The lowest BCUT2D eigenvalue weighted by Gasteiger charge is -2.26. The van der Waals surface area contributed by atoms with Crippen LogP contribution in [0.3, 0.4) is 0 Å². The number of aromatic nitrogens is 1. The van der Waals surface area contributed by atoms with E-state index in [9.17, 15) is 0 Å². The van der Waals surface area contributed by atoms with Crippen molar-refractivity contribution in [3.8, 4) is 22.8 Å². The van der Waals surface area contributed by atoms with Crippen LogP contribution >= 0.6 is 35.4 Å². The van der Waals surface area contributed by atoms with E-state index in [0.717, 1.165) is 22.7 Å². The molecule has 2 aliphatic heterocycles. The first-order valence-electron chi connectivity index (χ1n) is 10.5. The summed E-state index contributed by atoms with van der Waals surface area (Å²) in [6, 6.07) is 20.3. The summed E-state index contributed by atoms with van der Waals surface area (Å²) in [5.74, 6) is 2.79. The van der Waals surface area contributed by atoms with Crippen LogP contribution in [0, 0.1) is 0 Å². The molecule has 2 atom stereocenters. The molecule has 6 rings (SSSR count). The zero-order valence-electron chi connectivity index (χ0n) is 17.6. The van der Waals surface area contributed by atoms with Crippen LogP contribution in [0.25, 0.3) is 11.3 Å². The quantitative estimate of drug-likeness (QED) is 0.312. The number of thiocarbonyl (C=S) groups is 1. The van der Waals surface area contributed by atoms with Gasteiger partial charge >= 0.3 is 0 Å². The Morgan fingerprint density at radius 3 is 2.65 bits per heavy atom. The lowest BCUT2D eigenvalue weighted by atomic mass is 10.0. The second kappa shape index (κ2) is 8.51. The van der Waals surface area contributed by atoms with Gasteiger partial charge in [-0.3, -0.25) is 4.98 Å². The Kier molecular flexibility index (Phi) is 5.32. The first-order chi connectivity index (χ1) is 16.6. The third-order valence-electron chi connectivity index (χ3n) is 5.85. The second-order valence-corrected chi connectivity index (χ2v) is 9.07. The van der Waals surface area contributed by atoms with Gasteiger partial charge in [0, 0.05) is 23.5 Å². The van der Waals surface area contributed by atoms with Crippen LogP contribution in [0.5, 0.6) is 11.5 Å². The highest BCUT2D eigenvalue weighted by Gasteiger charge is 2.43. The summed E-state index contributed by atoms with van der Waals surface area (Å²) in [7, 11) is 0. The zero-order valence-corrected chi connectivity index (χ0v) is 19.9. The molecule has 1 saturated heterocycles. The molecular formula is C25H17Cl2N3O3S. The van der Waals surface area contributed by atoms with Crippen LogP contribution in [0.15, 0.2) is 77.3 Å². The minimum absolute atomic E-state index is 0.201. The molecule has 2 aliphatic rings. The van der Waals surface area contributed by atoms with Crippen molar-refractivity contribution in [1.82, 2.24) is 10.3 Å². The normalized spacial score (nSPS) is 18.9. The molecule has 0 bridgehead atoms. The van der Waals surface area contributed by atoms with Crippen LogP contribution in [0.4, 0.5) is 5.69 Å². The van der Waals surface area contributed by atoms with E-state index in [1.807, 2.05) is 59.5 Å². The molecule has 170 valence electrons. The lowest BCUT2D eigenvalue weighted by molar-refractivity contribution is 0.174. The highest BCUT2D eigenvalue weighted by atomic mass is 35.5. The van der Waals surface area contributed by atoms with Crippen LogP contribution in [0.2, 0.25) is 10.0 Å². The van der Waals surface area contributed by atoms with E-state index in [2.05, 4.69) is 10.3 Å². The van der Waals surface area contributed by atoms with Crippen molar-refractivity contribution in [2.45, 2.75) is 12.1 Å². The molecule has 0 spiro atoms. The van der Waals surface area contributed by atoms with Gasteiger partial charge in [-0.15, -0.1) is 0 Å². The van der Waals surface area contributed by atoms with Crippen molar-refractivity contribution in [3.63, 3.8) is 0 Å². The van der Waals surface area contributed by atoms with Gasteiger partial charge in [0.1, 0.15) is 17.6 Å². The summed E-state index contributed by atoms with van der Waals surface area (Å²) in [4.78, 5) is 6.60. The summed E-state index contributed by atoms with van der Waals surface area (Å²) >= 11 is 18.1. The fourth-order valence-corrected chi connectivity index (χ4v) is 4.92. The molecule has 2 aromatic carbocycles. The van der Waals surface area contributed by atoms with Crippen molar-refractivity contribution >= 4 is 46.2 Å². The molecule has 0 saturated carbocycles. The van der Waals surface area contributed by atoms with Crippen molar-refractivity contribution in [2.75, 3.05) is 11.7 Å². The van der Waals surface area contributed by atoms with E-state index in [1.54, 1.807) is 18.3 Å². The number of halogens is 2. The number of rotatable bonds is 4. The van der Waals surface area contributed by atoms with Crippen molar-refractivity contribution in [2.24, 2.45) is 0 Å². The largest absolute Gasteiger partial charge is 0.459 e. The van der Waals surface area contributed by atoms with Gasteiger partial charge < -0.3 is 24.1 Å².